The number of carbonyl (C=O) groups excluding carboxylic acids is 1. The first-order chi connectivity index (χ1) is 7.97. The molecule has 0 heterocycles. The van der Waals surface area contributed by atoms with Gasteiger partial charge >= 0.3 is 5.97 Å². The van der Waals surface area contributed by atoms with E-state index in [0.29, 0.717) is 6.61 Å². The summed E-state index contributed by atoms with van der Waals surface area (Å²) < 4.78 is 5.02. The van der Waals surface area contributed by atoms with Crippen molar-refractivity contribution in [1.82, 2.24) is 0 Å². The van der Waals surface area contributed by atoms with Gasteiger partial charge in [-0.1, -0.05) is 35.5 Å². The van der Waals surface area contributed by atoms with Gasteiger partial charge in [0.05, 0.1) is 0 Å². The van der Waals surface area contributed by atoms with Crippen LogP contribution >= 0.6 is 0 Å². The topological polar surface area (TPSA) is 47.9 Å². The van der Waals surface area contributed by atoms with Gasteiger partial charge in [0.2, 0.25) is 0 Å². The van der Waals surface area contributed by atoms with Crippen LogP contribution in [-0.2, 0) is 21.0 Å². The Hall–Kier alpha value is -1.84. The highest BCUT2D eigenvalue weighted by molar-refractivity contribution is 6.23. The minimum atomic E-state index is -0.511. The molecule has 0 N–H and O–H groups in total. The van der Waals surface area contributed by atoms with Crippen LogP contribution in [0.4, 0.5) is 0 Å². The molecule has 1 aromatic carbocycles. The highest BCUT2D eigenvalue weighted by atomic mass is 16.6. The zero-order valence-electron chi connectivity index (χ0n) is 10.3. The SMILES string of the molecule is CC(C)(C)OC(=O)/C=N/OCc1ccccc1. The maximum atomic E-state index is 11.2. The number of hydrogen-bond donors (Lipinski definition) is 0. The zero-order chi connectivity index (χ0) is 12.7. The van der Waals surface area contributed by atoms with Crippen LogP contribution in [0.15, 0.2) is 35.5 Å². The first-order valence-corrected chi connectivity index (χ1v) is 5.39. The molecule has 92 valence electrons. The van der Waals surface area contributed by atoms with Crippen LogP contribution in [0.2, 0.25) is 0 Å². The fourth-order valence-corrected chi connectivity index (χ4v) is 1.09. The van der Waals surface area contributed by atoms with Gasteiger partial charge in [0.15, 0.2) is 6.21 Å². The molecule has 0 saturated carbocycles. The van der Waals surface area contributed by atoms with E-state index in [4.69, 9.17) is 9.57 Å². The summed E-state index contributed by atoms with van der Waals surface area (Å²) in [4.78, 5) is 16.2. The van der Waals surface area contributed by atoms with Crippen molar-refractivity contribution in [2.45, 2.75) is 33.0 Å². The molecule has 17 heavy (non-hydrogen) atoms. The molecule has 0 atom stereocenters. The maximum Gasteiger partial charge on any atom is 0.353 e. The smallest absolute Gasteiger partial charge is 0.353 e. The Morgan fingerprint density at radius 1 is 1.29 bits per heavy atom. The van der Waals surface area contributed by atoms with Crippen molar-refractivity contribution in [3.05, 3.63) is 35.9 Å². The van der Waals surface area contributed by atoms with Gasteiger partial charge in [-0.3, -0.25) is 0 Å². The summed E-state index contributed by atoms with van der Waals surface area (Å²) >= 11 is 0. The lowest BCUT2D eigenvalue weighted by atomic mass is 10.2. The van der Waals surface area contributed by atoms with Gasteiger partial charge in [0.1, 0.15) is 12.2 Å². The van der Waals surface area contributed by atoms with Crippen molar-refractivity contribution in [1.29, 1.82) is 0 Å². The Morgan fingerprint density at radius 2 is 1.94 bits per heavy atom. The minimum absolute atomic E-state index is 0.333. The van der Waals surface area contributed by atoms with E-state index in [9.17, 15) is 4.79 Å². The number of ether oxygens (including phenoxy) is 1. The summed E-state index contributed by atoms with van der Waals surface area (Å²) in [5.41, 5.74) is 0.483. The zero-order valence-corrected chi connectivity index (χ0v) is 10.3. The van der Waals surface area contributed by atoms with Crippen LogP contribution < -0.4 is 0 Å². The molecule has 0 bridgehead atoms. The molecule has 1 aromatic rings. The van der Waals surface area contributed by atoms with Crippen LogP contribution in [0.25, 0.3) is 0 Å². The Balaban J connectivity index is 2.29. The molecule has 0 unspecified atom stereocenters. The lowest BCUT2D eigenvalue weighted by molar-refractivity contribution is -0.145. The van der Waals surface area contributed by atoms with E-state index < -0.39 is 11.6 Å². The molecule has 0 aromatic heterocycles. The molecule has 0 amide bonds. The molecule has 0 aliphatic carbocycles. The highest BCUT2D eigenvalue weighted by Crippen LogP contribution is 2.06. The van der Waals surface area contributed by atoms with Crippen LogP contribution in [0, 0.1) is 0 Å². The summed E-state index contributed by atoms with van der Waals surface area (Å²) in [5, 5.41) is 3.55. The fraction of sp³-hybridized carbons (Fsp3) is 0.385. The monoisotopic (exact) mass is 235 g/mol. The second kappa shape index (κ2) is 6.03. The standard InChI is InChI=1S/C13H17NO3/c1-13(2,3)17-12(15)9-14-16-10-11-7-5-4-6-8-11/h4-9H,10H2,1-3H3/b14-9+. The van der Waals surface area contributed by atoms with Gasteiger partial charge in [0, 0.05) is 0 Å². The average molecular weight is 235 g/mol. The highest BCUT2D eigenvalue weighted by Gasteiger charge is 2.14. The van der Waals surface area contributed by atoms with E-state index in [2.05, 4.69) is 5.16 Å². The van der Waals surface area contributed by atoms with Crippen molar-refractivity contribution >= 4 is 12.2 Å². The first-order valence-electron chi connectivity index (χ1n) is 5.39. The summed E-state index contributed by atoms with van der Waals surface area (Å²) in [6.07, 6.45) is 1.04. The average Bonchev–Trinajstić information content (AvgIpc) is 2.23. The minimum Gasteiger partial charge on any atom is -0.456 e. The molecule has 4 heteroatoms. The lowest BCUT2D eigenvalue weighted by Crippen LogP contribution is -2.24. The molecule has 0 aliphatic heterocycles. The van der Waals surface area contributed by atoms with Gasteiger partial charge < -0.3 is 9.57 Å². The Labute approximate surface area is 101 Å². The number of esters is 1. The van der Waals surface area contributed by atoms with E-state index in [-0.39, 0.29) is 0 Å². The van der Waals surface area contributed by atoms with Gasteiger partial charge in [-0.25, -0.2) is 4.79 Å². The van der Waals surface area contributed by atoms with Crippen molar-refractivity contribution in [2.75, 3.05) is 0 Å². The summed E-state index contributed by atoms with van der Waals surface area (Å²) in [6, 6.07) is 9.59. The predicted molar refractivity (Wildman–Crippen MR) is 65.6 cm³/mol. The summed E-state index contributed by atoms with van der Waals surface area (Å²) in [5.74, 6) is -0.509. The fourth-order valence-electron chi connectivity index (χ4n) is 1.09. The van der Waals surface area contributed by atoms with Crippen molar-refractivity contribution in [3.8, 4) is 0 Å². The second-order valence-electron chi connectivity index (χ2n) is 4.53. The molecular formula is C13H17NO3. The molecule has 0 aliphatic rings. The Bertz CT molecular complexity index is 379. The van der Waals surface area contributed by atoms with Crippen molar-refractivity contribution < 1.29 is 14.4 Å². The summed E-state index contributed by atoms with van der Waals surface area (Å²) in [6.45, 7) is 5.72. The molecule has 0 spiro atoms. The number of hydrogen-bond acceptors (Lipinski definition) is 4. The van der Waals surface area contributed by atoms with E-state index in [1.54, 1.807) is 20.8 Å². The van der Waals surface area contributed by atoms with Gasteiger partial charge in [-0.05, 0) is 26.3 Å². The molecule has 0 saturated heterocycles. The number of nitrogens with zero attached hydrogens (tertiary/aromatic N) is 1. The van der Waals surface area contributed by atoms with Gasteiger partial charge in [-0.15, -0.1) is 0 Å². The number of benzene rings is 1. The normalized spacial score (nSPS) is 11.5. The van der Waals surface area contributed by atoms with E-state index in [1.165, 1.54) is 0 Å². The largest absolute Gasteiger partial charge is 0.456 e. The summed E-state index contributed by atoms with van der Waals surface area (Å²) in [7, 11) is 0. The third kappa shape index (κ3) is 6.35. The number of carbonyl (C=O) groups is 1. The lowest BCUT2D eigenvalue weighted by Gasteiger charge is -2.17. The van der Waals surface area contributed by atoms with Crippen LogP contribution in [-0.4, -0.2) is 17.8 Å². The molecule has 1 rings (SSSR count). The van der Waals surface area contributed by atoms with Gasteiger partial charge in [0.25, 0.3) is 0 Å². The first kappa shape index (κ1) is 13.2. The Kier molecular flexibility index (Phi) is 4.69. The second-order valence-corrected chi connectivity index (χ2v) is 4.53. The van der Waals surface area contributed by atoms with Gasteiger partial charge in [-0.2, -0.15) is 0 Å². The van der Waals surface area contributed by atoms with E-state index >= 15 is 0 Å². The number of oxime groups is 1. The van der Waals surface area contributed by atoms with Crippen LogP contribution in [0.5, 0.6) is 0 Å². The van der Waals surface area contributed by atoms with Crippen LogP contribution in [0.1, 0.15) is 26.3 Å². The Morgan fingerprint density at radius 3 is 2.53 bits per heavy atom. The molecule has 0 radical (unpaired) electrons. The van der Waals surface area contributed by atoms with Crippen LogP contribution in [0.3, 0.4) is 0 Å². The number of rotatable bonds is 4. The quantitative estimate of drug-likeness (QED) is 0.457. The van der Waals surface area contributed by atoms with Crippen molar-refractivity contribution in [3.63, 3.8) is 0 Å². The molecular weight excluding hydrogens is 218 g/mol. The maximum absolute atomic E-state index is 11.2. The molecule has 4 nitrogen and oxygen atoms in total. The predicted octanol–water partition coefficient (Wildman–Crippen LogP) is 2.53. The third-order valence-corrected chi connectivity index (χ3v) is 1.71. The molecule has 0 fully saturated rings. The third-order valence-electron chi connectivity index (χ3n) is 1.71. The van der Waals surface area contributed by atoms with E-state index in [1.807, 2.05) is 30.3 Å². The van der Waals surface area contributed by atoms with Crippen molar-refractivity contribution in [2.24, 2.45) is 5.16 Å². The van der Waals surface area contributed by atoms with E-state index in [0.717, 1.165) is 11.8 Å².